The zero-order valence-electron chi connectivity index (χ0n) is 15.6. The van der Waals surface area contributed by atoms with Gasteiger partial charge in [-0.1, -0.05) is 6.07 Å². The molecule has 2 aromatic rings. The fourth-order valence-electron chi connectivity index (χ4n) is 2.43. The molecule has 0 atom stereocenters. The average Bonchev–Trinajstić information content (AvgIpc) is 2.60. The highest BCUT2D eigenvalue weighted by molar-refractivity contribution is 5.89. The van der Waals surface area contributed by atoms with Gasteiger partial charge in [0.05, 0.1) is 32.0 Å². The molecule has 1 aromatic heterocycles. The van der Waals surface area contributed by atoms with Gasteiger partial charge in [-0.2, -0.15) is 0 Å². The number of methoxy groups -OCH3 is 2. The maximum absolute atomic E-state index is 12.4. The van der Waals surface area contributed by atoms with E-state index in [-0.39, 0.29) is 24.3 Å². The van der Waals surface area contributed by atoms with E-state index in [0.717, 1.165) is 0 Å². The Bertz CT molecular complexity index is 854. The predicted molar refractivity (Wildman–Crippen MR) is 96.9 cm³/mol. The number of benzene rings is 1. The molecule has 1 aromatic carbocycles. The first-order chi connectivity index (χ1) is 12.7. The van der Waals surface area contributed by atoms with Crippen LogP contribution in [0.4, 0.5) is 0 Å². The molecule has 2 rings (SSSR count). The summed E-state index contributed by atoms with van der Waals surface area (Å²) in [6, 6.07) is 6.17. The lowest BCUT2D eigenvalue weighted by atomic mass is 10.0. The van der Waals surface area contributed by atoms with Gasteiger partial charge in [0.2, 0.25) is 11.5 Å². The van der Waals surface area contributed by atoms with Gasteiger partial charge in [0, 0.05) is 18.1 Å². The van der Waals surface area contributed by atoms with Crippen molar-refractivity contribution in [1.29, 1.82) is 0 Å². The summed E-state index contributed by atoms with van der Waals surface area (Å²) in [4.78, 5) is 23.7. The molecule has 0 saturated carbocycles. The van der Waals surface area contributed by atoms with Crippen LogP contribution in [-0.4, -0.2) is 42.6 Å². The Morgan fingerprint density at radius 2 is 1.78 bits per heavy atom. The minimum Gasteiger partial charge on any atom is -0.496 e. The van der Waals surface area contributed by atoms with Gasteiger partial charge in [-0.05, 0) is 26.0 Å². The first kappa shape index (κ1) is 20.3. The normalized spacial score (nSPS) is 11.1. The Hall–Kier alpha value is -3.00. The van der Waals surface area contributed by atoms with Gasteiger partial charge in [-0.25, -0.2) is 9.59 Å². The standard InChI is InChI=1S/C19H22O8/c1-19(2,23)8-9-26-16-11(10-14(17(20)21)27-18(16)22)15-12(24-3)6-5-7-13(15)25-4/h5-7,10,23H,8-9H2,1-4H3,(H,20,21). The lowest BCUT2D eigenvalue weighted by molar-refractivity contribution is 0.0547. The summed E-state index contributed by atoms with van der Waals surface area (Å²) in [5.74, 6) is -1.40. The zero-order chi connectivity index (χ0) is 20.2. The molecule has 8 heteroatoms. The van der Waals surface area contributed by atoms with E-state index in [9.17, 15) is 19.8 Å². The van der Waals surface area contributed by atoms with Gasteiger partial charge in [-0.3, -0.25) is 0 Å². The molecule has 0 radical (unpaired) electrons. The third-order valence-corrected chi connectivity index (χ3v) is 3.78. The zero-order valence-corrected chi connectivity index (χ0v) is 15.6. The Kier molecular flexibility index (Phi) is 6.12. The fourth-order valence-corrected chi connectivity index (χ4v) is 2.43. The fraction of sp³-hybridized carbons (Fsp3) is 0.368. The van der Waals surface area contributed by atoms with Gasteiger partial charge < -0.3 is 28.8 Å². The molecule has 0 unspecified atom stereocenters. The van der Waals surface area contributed by atoms with E-state index >= 15 is 0 Å². The molecule has 0 saturated heterocycles. The molecule has 0 aliphatic heterocycles. The van der Waals surface area contributed by atoms with E-state index < -0.39 is 23.0 Å². The molecular weight excluding hydrogens is 356 g/mol. The Labute approximate surface area is 155 Å². The van der Waals surface area contributed by atoms with Crippen LogP contribution >= 0.6 is 0 Å². The highest BCUT2D eigenvalue weighted by atomic mass is 16.5. The number of hydrogen-bond acceptors (Lipinski definition) is 7. The van der Waals surface area contributed by atoms with Crippen LogP contribution in [0.15, 0.2) is 33.5 Å². The highest BCUT2D eigenvalue weighted by Gasteiger charge is 2.24. The number of ether oxygens (including phenoxy) is 3. The summed E-state index contributed by atoms with van der Waals surface area (Å²) in [6.07, 6.45) is 0.246. The molecule has 0 bridgehead atoms. The summed E-state index contributed by atoms with van der Waals surface area (Å²) in [6.45, 7) is 3.23. The van der Waals surface area contributed by atoms with Crippen LogP contribution in [0.1, 0.15) is 30.8 Å². The van der Waals surface area contributed by atoms with Crippen molar-refractivity contribution >= 4 is 5.97 Å². The monoisotopic (exact) mass is 378 g/mol. The average molecular weight is 378 g/mol. The van der Waals surface area contributed by atoms with E-state index in [1.165, 1.54) is 20.3 Å². The molecule has 146 valence electrons. The summed E-state index contributed by atoms with van der Waals surface area (Å²) in [5.41, 5.74) is -1.43. The van der Waals surface area contributed by atoms with Crippen molar-refractivity contribution in [2.45, 2.75) is 25.9 Å². The summed E-state index contributed by atoms with van der Waals surface area (Å²) < 4.78 is 21.1. The molecule has 8 nitrogen and oxygen atoms in total. The van der Waals surface area contributed by atoms with Gasteiger partial charge >= 0.3 is 11.6 Å². The molecule has 27 heavy (non-hydrogen) atoms. The Morgan fingerprint density at radius 1 is 1.19 bits per heavy atom. The number of aliphatic hydroxyl groups is 1. The molecule has 0 aliphatic carbocycles. The van der Waals surface area contributed by atoms with Crippen LogP contribution in [0.5, 0.6) is 17.2 Å². The minimum atomic E-state index is -1.40. The number of carboxylic acid groups (broad SMARTS) is 1. The van der Waals surface area contributed by atoms with Crippen LogP contribution < -0.4 is 19.8 Å². The van der Waals surface area contributed by atoms with E-state index in [1.54, 1.807) is 32.0 Å². The molecule has 2 N–H and O–H groups in total. The molecule has 0 fully saturated rings. The maximum atomic E-state index is 12.4. The van der Waals surface area contributed by atoms with Crippen molar-refractivity contribution in [3.63, 3.8) is 0 Å². The number of rotatable bonds is 8. The van der Waals surface area contributed by atoms with Crippen LogP contribution in [0.25, 0.3) is 11.1 Å². The minimum absolute atomic E-state index is 0.0190. The van der Waals surface area contributed by atoms with Crippen molar-refractivity contribution in [3.05, 3.63) is 40.4 Å². The molecule has 1 heterocycles. The summed E-state index contributed by atoms with van der Waals surface area (Å²) >= 11 is 0. The van der Waals surface area contributed by atoms with Gasteiger partial charge in [0.25, 0.3) is 0 Å². The summed E-state index contributed by atoms with van der Waals surface area (Å²) in [7, 11) is 2.88. The van der Waals surface area contributed by atoms with E-state index in [0.29, 0.717) is 17.1 Å². The lowest BCUT2D eigenvalue weighted by Crippen LogP contribution is -2.23. The molecular formula is C19H22O8. The van der Waals surface area contributed by atoms with Crippen molar-refractivity contribution in [2.75, 3.05) is 20.8 Å². The molecule has 0 amide bonds. The Morgan fingerprint density at radius 3 is 2.26 bits per heavy atom. The number of carboxylic acids is 1. The van der Waals surface area contributed by atoms with Crippen molar-refractivity contribution in [1.82, 2.24) is 0 Å². The van der Waals surface area contributed by atoms with Crippen molar-refractivity contribution < 1.29 is 33.6 Å². The van der Waals surface area contributed by atoms with Crippen LogP contribution in [-0.2, 0) is 0 Å². The maximum Gasteiger partial charge on any atom is 0.379 e. The summed E-state index contributed by atoms with van der Waals surface area (Å²) in [5, 5.41) is 19.1. The first-order valence-corrected chi connectivity index (χ1v) is 8.16. The van der Waals surface area contributed by atoms with Crippen LogP contribution in [0, 0.1) is 0 Å². The number of carbonyl (C=O) groups is 1. The second-order valence-electron chi connectivity index (χ2n) is 6.39. The molecule has 0 aliphatic rings. The number of hydrogen-bond donors (Lipinski definition) is 2. The van der Waals surface area contributed by atoms with E-state index in [4.69, 9.17) is 18.6 Å². The second kappa shape index (κ2) is 8.13. The van der Waals surface area contributed by atoms with E-state index in [1.807, 2.05) is 0 Å². The van der Waals surface area contributed by atoms with Crippen molar-refractivity contribution in [2.24, 2.45) is 0 Å². The topological polar surface area (TPSA) is 115 Å². The van der Waals surface area contributed by atoms with Crippen LogP contribution in [0.3, 0.4) is 0 Å². The third-order valence-electron chi connectivity index (χ3n) is 3.78. The highest BCUT2D eigenvalue weighted by Crippen LogP contribution is 2.42. The third kappa shape index (κ3) is 4.79. The van der Waals surface area contributed by atoms with Gasteiger partial charge in [-0.15, -0.1) is 0 Å². The number of aromatic carboxylic acids is 1. The first-order valence-electron chi connectivity index (χ1n) is 8.16. The second-order valence-corrected chi connectivity index (χ2v) is 6.39. The quantitative estimate of drug-likeness (QED) is 0.720. The molecule has 0 spiro atoms. The van der Waals surface area contributed by atoms with E-state index in [2.05, 4.69) is 0 Å². The van der Waals surface area contributed by atoms with Crippen molar-refractivity contribution in [3.8, 4) is 28.4 Å². The predicted octanol–water partition coefficient (Wildman–Crippen LogP) is 2.56. The Balaban J connectivity index is 2.66. The lowest BCUT2D eigenvalue weighted by Gasteiger charge is -2.19. The van der Waals surface area contributed by atoms with Crippen LogP contribution in [0.2, 0.25) is 0 Å². The largest absolute Gasteiger partial charge is 0.496 e. The van der Waals surface area contributed by atoms with Gasteiger partial charge in [0.1, 0.15) is 11.5 Å². The SMILES string of the molecule is COc1cccc(OC)c1-c1cc(C(=O)O)oc(=O)c1OCCC(C)(C)O. The smallest absolute Gasteiger partial charge is 0.379 e. The van der Waals surface area contributed by atoms with Gasteiger partial charge in [0.15, 0.2) is 0 Å².